The molecule has 1 aromatic rings. The first kappa shape index (κ1) is 23.5. The van der Waals surface area contributed by atoms with Gasteiger partial charge in [-0.3, -0.25) is 4.79 Å². The van der Waals surface area contributed by atoms with Gasteiger partial charge in [-0.1, -0.05) is 12.8 Å². The SMILES string of the molecule is N[C@H](Cc1cc(F)c(F)cc1F)[C@@H]1C[C@H]2CC[C@@H](C1)N2C(=O)CCS(=O)(=O)C1CCCC1. The number of piperidine rings is 1. The van der Waals surface area contributed by atoms with Crippen LogP contribution in [0.25, 0.3) is 0 Å². The van der Waals surface area contributed by atoms with Crippen LogP contribution in [0.2, 0.25) is 0 Å². The molecule has 4 atom stereocenters. The number of benzene rings is 1. The number of sulfone groups is 1. The maximum absolute atomic E-state index is 14.0. The van der Waals surface area contributed by atoms with E-state index in [0.717, 1.165) is 31.7 Å². The molecule has 0 unspecified atom stereocenters. The zero-order valence-corrected chi connectivity index (χ0v) is 18.9. The lowest BCUT2D eigenvalue weighted by Gasteiger charge is -2.41. The number of hydrogen-bond donors (Lipinski definition) is 1. The van der Waals surface area contributed by atoms with Crippen LogP contribution in [0.4, 0.5) is 13.2 Å². The normalized spacial score (nSPS) is 27.1. The molecule has 0 aromatic heterocycles. The average molecular weight is 473 g/mol. The van der Waals surface area contributed by atoms with Gasteiger partial charge in [0.25, 0.3) is 0 Å². The zero-order valence-electron chi connectivity index (χ0n) is 18.1. The van der Waals surface area contributed by atoms with Crippen molar-refractivity contribution >= 4 is 15.7 Å². The number of nitrogens with zero attached hydrogens (tertiary/aromatic N) is 1. The Morgan fingerprint density at radius 3 is 2.22 bits per heavy atom. The van der Waals surface area contributed by atoms with Gasteiger partial charge in [-0.2, -0.15) is 0 Å². The Bertz CT molecular complexity index is 951. The summed E-state index contributed by atoms with van der Waals surface area (Å²) >= 11 is 0. The van der Waals surface area contributed by atoms with Crippen LogP contribution < -0.4 is 5.73 Å². The summed E-state index contributed by atoms with van der Waals surface area (Å²) in [6.45, 7) is 0. The van der Waals surface area contributed by atoms with E-state index in [1.54, 1.807) is 0 Å². The third kappa shape index (κ3) is 4.83. The summed E-state index contributed by atoms with van der Waals surface area (Å²) in [4.78, 5) is 14.8. The maximum Gasteiger partial charge on any atom is 0.224 e. The van der Waals surface area contributed by atoms with Gasteiger partial charge in [-0.05, 0) is 62.5 Å². The second-order valence-corrected chi connectivity index (χ2v) is 12.1. The Labute approximate surface area is 187 Å². The summed E-state index contributed by atoms with van der Waals surface area (Å²) < 4.78 is 65.8. The smallest absolute Gasteiger partial charge is 0.224 e. The molecule has 32 heavy (non-hydrogen) atoms. The zero-order chi connectivity index (χ0) is 23.0. The van der Waals surface area contributed by atoms with Crippen molar-refractivity contribution in [2.24, 2.45) is 11.7 Å². The van der Waals surface area contributed by atoms with Gasteiger partial charge in [-0.15, -0.1) is 0 Å². The molecule has 2 saturated heterocycles. The number of carbonyl (C=O) groups excluding carboxylic acids is 1. The Balaban J connectivity index is 1.35. The van der Waals surface area contributed by atoms with Gasteiger partial charge in [0.15, 0.2) is 21.5 Å². The van der Waals surface area contributed by atoms with Crippen molar-refractivity contribution in [3.05, 3.63) is 35.1 Å². The first-order chi connectivity index (χ1) is 15.2. The molecule has 3 fully saturated rings. The minimum atomic E-state index is -3.24. The van der Waals surface area contributed by atoms with E-state index in [-0.39, 0.29) is 53.3 Å². The van der Waals surface area contributed by atoms with Crippen molar-refractivity contribution in [1.29, 1.82) is 0 Å². The highest BCUT2D eigenvalue weighted by Gasteiger charge is 2.44. The van der Waals surface area contributed by atoms with Crippen LogP contribution in [0.3, 0.4) is 0 Å². The lowest BCUT2D eigenvalue weighted by molar-refractivity contribution is -0.136. The molecule has 1 aliphatic carbocycles. The monoisotopic (exact) mass is 472 g/mol. The van der Waals surface area contributed by atoms with Crippen molar-refractivity contribution in [2.75, 3.05) is 5.75 Å². The minimum Gasteiger partial charge on any atom is -0.337 e. The largest absolute Gasteiger partial charge is 0.337 e. The molecule has 1 aromatic carbocycles. The van der Waals surface area contributed by atoms with Crippen LogP contribution >= 0.6 is 0 Å². The molecular formula is C23H31F3N2O3S. The highest BCUT2D eigenvalue weighted by Crippen LogP contribution is 2.40. The average Bonchev–Trinajstić information content (AvgIpc) is 3.37. The van der Waals surface area contributed by atoms with Crippen LogP contribution in [-0.2, 0) is 21.1 Å². The van der Waals surface area contributed by atoms with E-state index in [9.17, 15) is 26.4 Å². The molecule has 0 spiro atoms. The molecule has 2 bridgehead atoms. The van der Waals surface area contributed by atoms with Gasteiger partial charge in [0.2, 0.25) is 5.91 Å². The minimum absolute atomic E-state index is 0.00119. The van der Waals surface area contributed by atoms with E-state index >= 15 is 0 Å². The first-order valence-corrected chi connectivity index (χ1v) is 13.3. The first-order valence-electron chi connectivity index (χ1n) is 11.6. The fourth-order valence-corrected chi connectivity index (χ4v) is 7.73. The van der Waals surface area contributed by atoms with Gasteiger partial charge in [-0.25, -0.2) is 21.6 Å². The number of nitrogens with two attached hydrogens (primary N) is 1. The number of carbonyl (C=O) groups is 1. The molecule has 1 amide bonds. The van der Waals surface area contributed by atoms with Gasteiger partial charge in [0, 0.05) is 30.6 Å². The van der Waals surface area contributed by atoms with E-state index in [2.05, 4.69) is 0 Å². The Kier molecular flexibility index (Phi) is 6.86. The lowest BCUT2D eigenvalue weighted by atomic mass is 9.82. The molecule has 5 nitrogen and oxygen atoms in total. The summed E-state index contributed by atoms with van der Waals surface area (Å²) in [6, 6.07) is 0.977. The molecule has 3 aliphatic rings. The molecule has 2 N–H and O–H groups in total. The van der Waals surface area contributed by atoms with Gasteiger partial charge in [0.05, 0.1) is 11.0 Å². The molecule has 2 aliphatic heterocycles. The van der Waals surface area contributed by atoms with Crippen LogP contribution in [0.15, 0.2) is 12.1 Å². The van der Waals surface area contributed by atoms with Crippen molar-refractivity contribution in [1.82, 2.24) is 4.90 Å². The highest BCUT2D eigenvalue weighted by molar-refractivity contribution is 7.92. The van der Waals surface area contributed by atoms with Crippen LogP contribution in [0.1, 0.15) is 63.4 Å². The van der Waals surface area contributed by atoms with E-state index in [0.29, 0.717) is 31.7 Å². The summed E-state index contributed by atoms with van der Waals surface area (Å²) in [5, 5.41) is -0.299. The fraction of sp³-hybridized carbons (Fsp3) is 0.696. The molecule has 0 radical (unpaired) electrons. The van der Waals surface area contributed by atoms with E-state index in [1.807, 2.05) is 4.90 Å². The third-order valence-corrected chi connectivity index (χ3v) is 9.88. The van der Waals surface area contributed by atoms with Crippen molar-refractivity contribution in [3.63, 3.8) is 0 Å². The molecule has 178 valence electrons. The maximum atomic E-state index is 14.0. The van der Waals surface area contributed by atoms with Crippen LogP contribution in [0.5, 0.6) is 0 Å². The van der Waals surface area contributed by atoms with Crippen molar-refractivity contribution in [3.8, 4) is 0 Å². The summed E-state index contributed by atoms with van der Waals surface area (Å²) in [5.41, 5.74) is 6.39. The number of amides is 1. The Morgan fingerprint density at radius 1 is 1.00 bits per heavy atom. The second-order valence-electron chi connectivity index (χ2n) is 9.67. The standard InChI is InChI=1S/C23H31F3N2O3S/c24-19-13-21(26)20(25)11-14(19)12-22(27)15-9-16-5-6-17(10-15)28(16)23(29)7-8-32(30,31)18-3-1-2-4-18/h11,13,15-18,22H,1-10,12,27H2/t15-,16-,17+,22-/m1/s1. The summed E-state index contributed by atoms with van der Waals surface area (Å²) in [5.74, 6) is -3.30. The summed E-state index contributed by atoms with van der Waals surface area (Å²) in [6.07, 6.45) is 6.38. The second kappa shape index (κ2) is 9.33. The topological polar surface area (TPSA) is 80.5 Å². The summed E-state index contributed by atoms with van der Waals surface area (Å²) in [7, 11) is -3.24. The molecular weight excluding hydrogens is 441 g/mol. The van der Waals surface area contributed by atoms with E-state index < -0.39 is 33.3 Å². The lowest BCUT2D eigenvalue weighted by Crippen LogP contribution is -2.50. The van der Waals surface area contributed by atoms with E-state index in [4.69, 9.17) is 5.73 Å². The van der Waals surface area contributed by atoms with Crippen molar-refractivity contribution in [2.45, 2.75) is 87.6 Å². The predicted octanol–water partition coefficient (Wildman–Crippen LogP) is 3.49. The quantitative estimate of drug-likeness (QED) is 0.616. The molecule has 4 rings (SSSR count). The Morgan fingerprint density at radius 2 is 1.59 bits per heavy atom. The highest BCUT2D eigenvalue weighted by atomic mass is 32.2. The fourth-order valence-electron chi connectivity index (χ4n) is 5.89. The van der Waals surface area contributed by atoms with Crippen LogP contribution in [0, 0.1) is 23.4 Å². The molecule has 9 heteroatoms. The van der Waals surface area contributed by atoms with Gasteiger partial charge in [0.1, 0.15) is 5.82 Å². The number of hydrogen-bond acceptors (Lipinski definition) is 4. The predicted molar refractivity (Wildman–Crippen MR) is 115 cm³/mol. The van der Waals surface area contributed by atoms with Crippen LogP contribution in [-0.4, -0.2) is 48.4 Å². The molecule has 1 saturated carbocycles. The number of rotatable bonds is 7. The van der Waals surface area contributed by atoms with Gasteiger partial charge >= 0.3 is 0 Å². The van der Waals surface area contributed by atoms with Gasteiger partial charge < -0.3 is 10.6 Å². The number of halogens is 3. The third-order valence-electron chi connectivity index (χ3n) is 7.62. The number of fused-ring (bicyclic) bond motifs is 2. The van der Waals surface area contributed by atoms with Crippen molar-refractivity contribution < 1.29 is 26.4 Å². The Hall–Kier alpha value is -1.61. The molecule has 2 heterocycles. The van der Waals surface area contributed by atoms with E-state index in [1.165, 1.54) is 0 Å².